The maximum absolute atomic E-state index is 12.8. The molecular formula is C22H25BrN4O4. The number of hydrogen-bond donors (Lipinski definition) is 1. The first-order valence-electron chi connectivity index (χ1n) is 10.2. The SMILES string of the molecule is CC[C@H](NC(=O)c1ccc(N2CCN(C(C)=O)CC2)c([N+](=O)[O-])c1)c1ccc(Br)cc1. The zero-order valence-corrected chi connectivity index (χ0v) is 19.1. The van der Waals surface area contributed by atoms with E-state index in [4.69, 9.17) is 0 Å². The van der Waals surface area contributed by atoms with Crippen molar-refractivity contribution in [1.29, 1.82) is 0 Å². The highest BCUT2D eigenvalue weighted by atomic mass is 79.9. The Morgan fingerprint density at radius 2 is 1.77 bits per heavy atom. The van der Waals surface area contributed by atoms with Crippen molar-refractivity contribution >= 4 is 39.1 Å². The summed E-state index contributed by atoms with van der Waals surface area (Å²) in [7, 11) is 0. The second-order valence-corrected chi connectivity index (χ2v) is 8.36. The Balaban J connectivity index is 1.78. The van der Waals surface area contributed by atoms with Gasteiger partial charge in [-0.3, -0.25) is 19.7 Å². The average molecular weight is 489 g/mol. The van der Waals surface area contributed by atoms with Gasteiger partial charge in [0.05, 0.1) is 11.0 Å². The minimum atomic E-state index is -0.463. The Bertz CT molecular complexity index is 972. The first-order valence-corrected chi connectivity index (χ1v) is 10.9. The Morgan fingerprint density at radius 1 is 1.13 bits per heavy atom. The van der Waals surface area contributed by atoms with Crippen molar-refractivity contribution < 1.29 is 14.5 Å². The summed E-state index contributed by atoms with van der Waals surface area (Å²) in [6, 6.07) is 12.1. The molecule has 2 amide bonds. The van der Waals surface area contributed by atoms with Crippen LogP contribution in [0.15, 0.2) is 46.9 Å². The highest BCUT2D eigenvalue weighted by Gasteiger charge is 2.26. The topological polar surface area (TPSA) is 95.8 Å². The number of benzene rings is 2. The van der Waals surface area contributed by atoms with Gasteiger partial charge in [0.1, 0.15) is 5.69 Å². The Labute approximate surface area is 189 Å². The number of nitro benzene ring substituents is 1. The number of nitrogens with zero attached hydrogens (tertiary/aromatic N) is 3. The second-order valence-electron chi connectivity index (χ2n) is 7.44. The van der Waals surface area contributed by atoms with E-state index in [1.165, 1.54) is 13.0 Å². The predicted molar refractivity (Wildman–Crippen MR) is 122 cm³/mol. The van der Waals surface area contributed by atoms with Crippen LogP contribution < -0.4 is 10.2 Å². The molecule has 1 heterocycles. The largest absolute Gasteiger partial charge is 0.362 e. The van der Waals surface area contributed by atoms with E-state index in [0.717, 1.165) is 10.0 Å². The maximum atomic E-state index is 12.8. The number of nitro groups is 1. The quantitative estimate of drug-likeness (QED) is 0.491. The lowest BCUT2D eigenvalue weighted by Gasteiger charge is -2.35. The van der Waals surface area contributed by atoms with Gasteiger partial charge in [0, 0.05) is 49.2 Å². The van der Waals surface area contributed by atoms with Crippen molar-refractivity contribution in [3.63, 3.8) is 0 Å². The van der Waals surface area contributed by atoms with Crippen molar-refractivity contribution in [3.05, 3.63) is 68.2 Å². The van der Waals surface area contributed by atoms with Gasteiger partial charge in [-0.05, 0) is 36.2 Å². The van der Waals surface area contributed by atoms with E-state index in [1.807, 2.05) is 36.1 Å². The molecule has 1 aliphatic heterocycles. The lowest BCUT2D eigenvalue weighted by molar-refractivity contribution is -0.384. The van der Waals surface area contributed by atoms with Crippen LogP contribution in [-0.2, 0) is 4.79 Å². The molecular weight excluding hydrogens is 464 g/mol. The van der Waals surface area contributed by atoms with E-state index in [2.05, 4.69) is 21.2 Å². The lowest BCUT2D eigenvalue weighted by Crippen LogP contribution is -2.48. The summed E-state index contributed by atoms with van der Waals surface area (Å²) in [5, 5.41) is 14.7. The molecule has 1 saturated heterocycles. The number of amides is 2. The Hall–Kier alpha value is -2.94. The molecule has 1 atom stereocenters. The van der Waals surface area contributed by atoms with Gasteiger partial charge in [-0.2, -0.15) is 0 Å². The van der Waals surface area contributed by atoms with Gasteiger partial charge in [-0.25, -0.2) is 0 Å². The lowest BCUT2D eigenvalue weighted by atomic mass is 10.0. The number of piperazine rings is 1. The third kappa shape index (κ3) is 5.41. The van der Waals surface area contributed by atoms with Crippen LogP contribution in [0.1, 0.15) is 42.2 Å². The summed E-state index contributed by atoms with van der Waals surface area (Å²) in [6.07, 6.45) is 0.688. The number of nitrogens with one attached hydrogen (secondary N) is 1. The molecule has 0 aromatic heterocycles. The van der Waals surface area contributed by atoms with Gasteiger partial charge >= 0.3 is 0 Å². The van der Waals surface area contributed by atoms with Crippen LogP contribution >= 0.6 is 15.9 Å². The normalized spacial score (nSPS) is 14.8. The third-order valence-electron chi connectivity index (χ3n) is 5.49. The summed E-state index contributed by atoms with van der Waals surface area (Å²) in [4.78, 5) is 39.2. The van der Waals surface area contributed by atoms with E-state index in [9.17, 15) is 19.7 Å². The van der Waals surface area contributed by atoms with Crippen molar-refractivity contribution in [2.24, 2.45) is 0 Å². The molecule has 3 rings (SSSR count). The molecule has 9 heteroatoms. The summed E-state index contributed by atoms with van der Waals surface area (Å²) < 4.78 is 0.952. The second kappa shape index (κ2) is 9.91. The molecule has 0 bridgehead atoms. The molecule has 0 spiro atoms. The van der Waals surface area contributed by atoms with Crippen LogP contribution in [0, 0.1) is 10.1 Å². The van der Waals surface area contributed by atoms with Crippen LogP contribution in [0.3, 0.4) is 0 Å². The highest BCUT2D eigenvalue weighted by Crippen LogP contribution is 2.30. The average Bonchev–Trinajstić information content (AvgIpc) is 2.77. The third-order valence-corrected chi connectivity index (χ3v) is 6.01. The Kier molecular flexibility index (Phi) is 7.27. The first-order chi connectivity index (χ1) is 14.8. The van der Waals surface area contributed by atoms with Gasteiger partial charge < -0.3 is 15.1 Å². The minimum absolute atomic E-state index is 0.00239. The molecule has 2 aromatic rings. The molecule has 0 aliphatic carbocycles. The molecule has 31 heavy (non-hydrogen) atoms. The number of hydrogen-bond acceptors (Lipinski definition) is 5. The smallest absolute Gasteiger partial charge is 0.293 e. The molecule has 0 saturated carbocycles. The van der Waals surface area contributed by atoms with Crippen molar-refractivity contribution in [1.82, 2.24) is 10.2 Å². The summed E-state index contributed by atoms with van der Waals surface area (Å²) >= 11 is 3.40. The Morgan fingerprint density at radius 3 is 2.32 bits per heavy atom. The van der Waals surface area contributed by atoms with Gasteiger partial charge in [-0.1, -0.05) is 35.0 Å². The summed E-state index contributed by atoms with van der Waals surface area (Å²) in [5.41, 5.74) is 1.56. The van der Waals surface area contributed by atoms with E-state index in [1.54, 1.807) is 17.0 Å². The fourth-order valence-corrected chi connectivity index (χ4v) is 3.96. The fourth-order valence-electron chi connectivity index (χ4n) is 3.70. The molecule has 0 unspecified atom stereocenters. The van der Waals surface area contributed by atoms with Gasteiger partial charge in [0.15, 0.2) is 0 Å². The predicted octanol–water partition coefficient (Wildman–Crippen LogP) is 3.91. The van der Waals surface area contributed by atoms with E-state index >= 15 is 0 Å². The highest BCUT2D eigenvalue weighted by molar-refractivity contribution is 9.10. The fraction of sp³-hybridized carbons (Fsp3) is 0.364. The van der Waals surface area contributed by atoms with Crippen molar-refractivity contribution in [2.45, 2.75) is 26.3 Å². The molecule has 1 aliphatic rings. The minimum Gasteiger partial charge on any atom is -0.362 e. The van der Waals surface area contributed by atoms with Crippen LogP contribution in [0.4, 0.5) is 11.4 Å². The van der Waals surface area contributed by atoms with Crippen LogP contribution in [0.5, 0.6) is 0 Å². The number of halogens is 1. The monoisotopic (exact) mass is 488 g/mol. The number of carbonyl (C=O) groups is 2. The summed E-state index contributed by atoms with van der Waals surface area (Å²) in [6.45, 7) is 5.53. The van der Waals surface area contributed by atoms with E-state index in [-0.39, 0.29) is 29.1 Å². The molecule has 8 nitrogen and oxygen atoms in total. The number of anilines is 1. The van der Waals surface area contributed by atoms with Gasteiger partial charge in [0.2, 0.25) is 5.91 Å². The van der Waals surface area contributed by atoms with Crippen LogP contribution in [0.25, 0.3) is 0 Å². The number of rotatable bonds is 6. The molecule has 1 N–H and O–H groups in total. The van der Waals surface area contributed by atoms with E-state index in [0.29, 0.717) is 38.3 Å². The van der Waals surface area contributed by atoms with Crippen molar-refractivity contribution in [2.75, 3.05) is 31.1 Å². The molecule has 0 radical (unpaired) electrons. The van der Waals surface area contributed by atoms with Gasteiger partial charge in [-0.15, -0.1) is 0 Å². The first kappa shape index (κ1) is 22.7. The molecule has 1 fully saturated rings. The van der Waals surface area contributed by atoms with Crippen LogP contribution in [0.2, 0.25) is 0 Å². The standard InChI is InChI=1S/C22H25BrN4O4/c1-3-19(16-4-7-18(23)8-5-16)24-22(29)17-6-9-20(21(14-17)27(30)31)26-12-10-25(11-13-26)15(2)28/h4-9,14,19H,3,10-13H2,1-2H3,(H,24,29)/t19-/m0/s1. The zero-order valence-electron chi connectivity index (χ0n) is 17.5. The van der Waals surface area contributed by atoms with Crippen molar-refractivity contribution in [3.8, 4) is 0 Å². The maximum Gasteiger partial charge on any atom is 0.293 e. The van der Waals surface area contributed by atoms with Crippen LogP contribution in [-0.4, -0.2) is 47.8 Å². The number of carbonyl (C=O) groups excluding carboxylic acids is 2. The molecule has 164 valence electrons. The summed E-state index contributed by atoms with van der Waals surface area (Å²) in [5.74, 6) is -0.358. The molecule has 2 aromatic carbocycles. The zero-order chi connectivity index (χ0) is 22.5. The van der Waals surface area contributed by atoms with Gasteiger partial charge in [0.25, 0.3) is 11.6 Å². The van der Waals surface area contributed by atoms with E-state index < -0.39 is 4.92 Å².